The number of hydrogen-bond donors (Lipinski definition) is 2. The molecule has 2 N–H and O–H groups in total. The van der Waals surface area contributed by atoms with Crippen LogP contribution in [0.2, 0.25) is 0 Å². The van der Waals surface area contributed by atoms with E-state index in [1.807, 2.05) is 32.3 Å². The number of carbonyl (C=O) groups is 2. The number of nitrogens with zero attached hydrogens (tertiary/aromatic N) is 1. The number of methoxy groups -OCH3 is 2. The molecule has 2 amide bonds. The number of amides is 2. The number of rotatable bonds is 10. The SMILES string of the molecule is COc1ccc([C@H]2SCC(=O)N2[C@H](CC(C)C)C(=O)NCC[NH+](C)C)cc1OC. The number of ether oxygens (including phenoxy) is 2. The molecule has 0 aliphatic carbocycles. The van der Waals surface area contributed by atoms with Crippen LogP contribution in [0.1, 0.15) is 31.2 Å². The number of hydrogen-bond acceptors (Lipinski definition) is 5. The van der Waals surface area contributed by atoms with Crippen molar-refractivity contribution in [1.29, 1.82) is 0 Å². The molecule has 2 atom stereocenters. The van der Waals surface area contributed by atoms with Crippen LogP contribution < -0.4 is 19.7 Å². The topological polar surface area (TPSA) is 72.3 Å². The molecule has 1 aliphatic heterocycles. The van der Waals surface area contributed by atoms with Crippen molar-refractivity contribution in [2.24, 2.45) is 5.92 Å². The maximum atomic E-state index is 13.0. The van der Waals surface area contributed by atoms with Gasteiger partial charge in [0.1, 0.15) is 11.4 Å². The van der Waals surface area contributed by atoms with Gasteiger partial charge in [-0.3, -0.25) is 9.59 Å². The number of thioether (sulfide) groups is 1. The molecule has 1 heterocycles. The van der Waals surface area contributed by atoms with E-state index in [-0.39, 0.29) is 23.1 Å². The highest BCUT2D eigenvalue weighted by Gasteiger charge is 2.41. The van der Waals surface area contributed by atoms with Crippen LogP contribution in [0.5, 0.6) is 11.5 Å². The Morgan fingerprint density at radius 1 is 1.28 bits per heavy atom. The number of likely N-dealkylation sites (N-methyl/N-ethyl adjacent to an activating group) is 1. The fraction of sp³-hybridized carbons (Fsp3) is 0.619. The summed E-state index contributed by atoms with van der Waals surface area (Å²) in [5.41, 5.74) is 0.929. The second-order valence-electron chi connectivity index (χ2n) is 7.97. The second kappa shape index (κ2) is 10.7. The summed E-state index contributed by atoms with van der Waals surface area (Å²) in [5, 5.41) is 2.80. The molecule has 1 fully saturated rings. The highest BCUT2D eigenvalue weighted by Crippen LogP contribution is 2.43. The molecule has 1 saturated heterocycles. The zero-order valence-electron chi connectivity index (χ0n) is 18.3. The van der Waals surface area contributed by atoms with E-state index in [1.54, 1.807) is 30.9 Å². The van der Waals surface area contributed by atoms with E-state index in [0.29, 0.717) is 30.2 Å². The Morgan fingerprint density at radius 3 is 2.55 bits per heavy atom. The third kappa shape index (κ3) is 6.02. The van der Waals surface area contributed by atoms with Crippen molar-refractivity contribution < 1.29 is 24.0 Å². The Hall–Kier alpha value is -1.93. The maximum Gasteiger partial charge on any atom is 0.243 e. The van der Waals surface area contributed by atoms with Crippen molar-refractivity contribution in [3.8, 4) is 11.5 Å². The zero-order chi connectivity index (χ0) is 21.6. The van der Waals surface area contributed by atoms with Crippen molar-refractivity contribution in [3.63, 3.8) is 0 Å². The van der Waals surface area contributed by atoms with Crippen LogP contribution in [0.3, 0.4) is 0 Å². The highest BCUT2D eigenvalue weighted by atomic mass is 32.2. The van der Waals surface area contributed by atoms with Crippen molar-refractivity contribution in [2.45, 2.75) is 31.7 Å². The molecule has 0 spiro atoms. The third-order valence-corrected chi connectivity index (χ3v) is 6.08. The molecular weight excluding hydrogens is 390 g/mol. The first-order valence-electron chi connectivity index (χ1n) is 9.99. The van der Waals surface area contributed by atoms with Gasteiger partial charge in [0.15, 0.2) is 11.5 Å². The Bertz CT molecular complexity index is 711. The van der Waals surface area contributed by atoms with Gasteiger partial charge in [0.2, 0.25) is 11.8 Å². The number of benzene rings is 1. The molecule has 0 radical (unpaired) electrons. The van der Waals surface area contributed by atoms with E-state index in [0.717, 1.165) is 12.1 Å². The van der Waals surface area contributed by atoms with Crippen LogP contribution in [0, 0.1) is 5.92 Å². The minimum atomic E-state index is -0.493. The molecular formula is C21H34N3O4S+. The van der Waals surface area contributed by atoms with Gasteiger partial charge in [0.25, 0.3) is 0 Å². The summed E-state index contributed by atoms with van der Waals surface area (Å²) in [6, 6.07) is 5.17. The summed E-state index contributed by atoms with van der Waals surface area (Å²) >= 11 is 1.54. The average Bonchev–Trinajstić information content (AvgIpc) is 3.06. The van der Waals surface area contributed by atoms with Gasteiger partial charge >= 0.3 is 0 Å². The molecule has 0 unspecified atom stereocenters. The molecule has 2 rings (SSSR count). The molecule has 1 aromatic carbocycles. The van der Waals surface area contributed by atoms with E-state index in [2.05, 4.69) is 19.2 Å². The molecule has 29 heavy (non-hydrogen) atoms. The van der Waals surface area contributed by atoms with E-state index in [1.165, 1.54) is 4.90 Å². The fourth-order valence-electron chi connectivity index (χ4n) is 3.38. The summed E-state index contributed by atoms with van der Waals surface area (Å²) < 4.78 is 10.8. The second-order valence-corrected chi connectivity index (χ2v) is 9.04. The number of carbonyl (C=O) groups excluding carboxylic acids is 2. The number of quaternary nitrogens is 1. The normalized spacial score (nSPS) is 17.7. The number of nitrogens with one attached hydrogen (secondary N) is 2. The van der Waals surface area contributed by atoms with Crippen molar-refractivity contribution in [2.75, 3.05) is 47.2 Å². The Balaban J connectivity index is 2.29. The van der Waals surface area contributed by atoms with E-state index >= 15 is 0 Å². The molecule has 1 aliphatic rings. The molecule has 1 aromatic rings. The Labute approximate surface area is 178 Å². The van der Waals surface area contributed by atoms with Gasteiger partial charge in [-0.25, -0.2) is 0 Å². The van der Waals surface area contributed by atoms with Crippen LogP contribution in [0.15, 0.2) is 18.2 Å². The molecule has 162 valence electrons. The standard InChI is InChI=1S/C21H33N3O4S/c1-14(2)11-16(20(26)22-9-10-23(3)4)24-19(25)13-29-21(24)15-7-8-17(27-5)18(12-15)28-6/h7-8,12,14,16,21H,9-11,13H2,1-6H3,(H,22,26)/p+1/t16-,21-/m1/s1. The first kappa shape index (κ1) is 23.3. The lowest BCUT2D eigenvalue weighted by atomic mass is 10.0. The predicted octanol–water partition coefficient (Wildman–Crippen LogP) is 0.953. The summed E-state index contributed by atoms with van der Waals surface area (Å²) in [4.78, 5) is 28.9. The summed E-state index contributed by atoms with van der Waals surface area (Å²) in [6.45, 7) is 5.57. The van der Waals surface area contributed by atoms with Crippen molar-refractivity contribution in [3.05, 3.63) is 23.8 Å². The van der Waals surface area contributed by atoms with Gasteiger partial charge in [-0.1, -0.05) is 19.9 Å². The highest BCUT2D eigenvalue weighted by molar-refractivity contribution is 8.00. The van der Waals surface area contributed by atoms with Gasteiger partial charge in [0.05, 0.1) is 47.2 Å². The zero-order valence-corrected chi connectivity index (χ0v) is 19.1. The van der Waals surface area contributed by atoms with Crippen molar-refractivity contribution >= 4 is 23.6 Å². The van der Waals surface area contributed by atoms with Gasteiger partial charge in [-0.05, 0) is 30.0 Å². The van der Waals surface area contributed by atoms with Crippen LogP contribution in [-0.4, -0.2) is 69.9 Å². The largest absolute Gasteiger partial charge is 0.493 e. The van der Waals surface area contributed by atoms with Gasteiger partial charge in [-0.15, -0.1) is 11.8 Å². The predicted molar refractivity (Wildman–Crippen MR) is 116 cm³/mol. The quantitative estimate of drug-likeness (QED) is 0.585. The minimum absolute atomic E-state index is 0.00572. The van der Waals surface area contributed by atoms with Gasteiger partial charge < -0.3 is 24.6 Å². The average molecular weight is 425 g/mol. The molecule has 0 aromatic heterocycles. The van der Waals surface area contributed by atoms with Crippen LogP contribution >= 0.6 is 11.8 Å². The van der Waals surface area contributed by atoms with Gasteiger partial charge in [0, 0.05) is 0 Å². The Kier molecular flexibility index (Phi) is 8.64. The summed E-state index contributed by atoms with van der Waals surface area (Å²) in [7, 11) is 7.28. The monoisotopic (exact) mass is 424 g/mol. The third-order valence-electron chi connectivity index (χ3n) is 4.86. The molecule has 7 nitrogen and oxygen atoms in total. The lowest BCUT2D eigenvalue weighted by Gasteiger charge is -2.33. The van der Waals surface area contributed by atoms with Crippen LogP contribution in [0.4, 0.5) is 0 Å². The van der Waals surface area contributed by atoms with E-state index < -0.39 is 6.04 Å². The van der Waals surface area contributed by atoms with E-state index in [4.69, 9.17) is 9.47 Å². The molecule has 8 heteroatoms. The molecule has 0 bridgehead atoms. The van der Waals surface area contributed by atoms with Crippen LogP contribution in [0.25, 0.3) is 0 Å². The summed E-state index contributed by atoms with van der Waals surface area (Å²) in [5.74, 6) is 1.82. The van der Waals surface area contributed by atoms with Gasteiger partial charge in [-0.2, -0.15) is 0 Å². The maximum absolute atomic E-state index is 13.0. The first-order chi connectivity index (χ1) is 13.8. The fourth-order valence-corrected chi connectivity index (χ4v) is 4.60. The summed E-state index contributed by atoms with van der Waals surface area (Å²) in [6.07, 6.45) is 0.622. The smallest absolute Gasteiger partial charge is 0.243 e. The lowest BCUT2D eigenvalue weighted by Crippen LogP contribution is -3.06. The van der Waals surface area contributed by atoms with E-state index in [9.17, 15) is 9.59 Å². The lowest BCUT2D eigenvalue weighted by molar-refractivity contribution is -0.856. The first-order valence-corrected chi connectivity index (χ1v) is 11.0. The van der Waals surface area contributed by atoms with Crippen molar-refractivity contribution in [1.82, 2.24) is 10.2 Å². The Morgan fingerprint density at radius 2 is 1.97 bits per heavy atom. The minimum Gasteiger partial charge on any atom is -0.493 e. The van der Waals surface area contributed by atoms with Crippen LogP contribution in [-0.2, 0) is 9.59 Å². The molecule has 0 saturated carbocycles.